The van der Waals surface area contributed by atoms with Gasteiger partial charge in [-0.3, -0.25) is 14.3 Å². The van der Waals surface area contributed by atoms with Crippen LogP contribution >= 0.6 is 11.6 Å². The van der Waals surface area contributed by atoms with Crippen LogP contribution in [0, 0.1) is 11.7 Å². The van der Waals surface area contributed by atoms with Gasteiger partial charge in [-0.1, -0.05) is 31.9 Å². The summed E-state index contributed by atoms with van der Waals surface area (Å²) in [5.74, 6) is -1.15. The van der Waals surface area contributed by atoms with Crippen LogP contribution in [0.4, 0.5) is 14.6 Å². The molecule has 0 saturated heterocycles. The predicted molar refractivity (Wildman–Crippen MR) is 139 cm³/mol. The molecule has 2 aliphatic carbocycles. The highest BCUT2D eigenvalue weighted by Crippen LogP contribution is 2.40. The standard InChI is InChI=1S/C27H30ClF2N5O2/c1-14(2)24-19-10-16(11-21(29)23(19)34-35(24)3)18-12-22(31-13-20(18)28)33-25(36)15-5-4-6-17(9-15)32-26(37)27(30)7-8-27/h10-15,17H,4-9H2,1-3H3,(H,32,37)(H,31,33,36)/t15-,17+/m0/s1. The van der Waals surface area contributed by atoms with Crippen molar-refractivity contribution in [3.63, 3.8) is 0 Å². The molecule has 3 aromatic rings. The highest BCUT2D eigenvalue weighted by molar-refractivity contribution is 6.33. The number of benzene rings is 1. The molecule has 7 nitrogen and oxygen atoms in total. The Kier molecular flexibility index (Phi) is 6.68. The molecule has 2 N–H and O–H groups in total. The van der Waals surface area contributed by atoms with E-state index in [4.69, 9.17) is 11.6 Å². The van der Waals surface area contributed by atoms with Crippen LogP contribution < -0.4 is 10.6 Å². The fourth-order valence-electron chi connectivity index (χ4n) is 5.28. The summed E-state index contributed by atoms with van der Waals surface area (Å²) in [6, 6.07) is 4.65. The van der Waals surface area contributed by atoms with Crippen LogP contribution in [-0.4, -0.2) is 38.3 Å². The number of hydrogen-bond donors (Lipinski definition) is 2. The molecule has 1 aromatic carbocycles. The Balaban J connectivity index is 1.35. The highest BCUT2D eigenvalue weighted by atomic mass is 35.5. The summed E-state index contributed by atoms with van der Waals surface area (Å²) in [5, 5.41) is 11.0. The van der Waals surface area contributed by atoms with E-state index in [1.165, 1.54) is 12.3 Å². The number of carbonyl (C=O) groups is 2. The number of aryl methyl sites for hydroxylation is 1. The maximum absolute atomic E-state index is 15.0. The second-order valence-corrected chi connectivity index (χ2v) is 11.0. The topological polar surface area (TPSA) is 88.9 Å². The normalized spacial score (nSPS) is 20.7. The lowest BCUT2D eigenvalue weighted by Gasteiger charge is -2.29. The summed E-state index contributed by atoms with van der Waals surface area (Å²) < 4.78 is 30.8. The van der Waals surface area contributed by atoms with Gasteiger partial charge in [-0.25, -0.2) is 13.8 Å². The number of anilines is 1. The van der Waals surface area contributed by atoms with Crippen LogP contribution in [0.5, 0.6) is 0 Å². The van der Waals surface area contributed by atoms with Gasteiger partial charge in [0.25, 0.3) is 5.91 Å². The summed E-state index contributed by atoms with van der Waals surface area (Å²) in [4.78, 5) is 29.4. The summed E-state index contributed by atoms with van der Waals surface area (Å²) in [5.41, 5.74) is 0.579. The van der Waals surface area contributed by atoms with E-state index in [-0.39, 0.29) is 36.6 Å². The molecule has 37 heavy (non-hydrogen) atoms. The second-order valence-electron chi connectivity index (χ2n) is 10.6. The highest BCUT2D eigenvalue weighted by Gasteiger charge is 2.51. The molecule has 0 bridgehead atoms. The van der Waals surface area contributed by atoms with Gasteiger partial charge in [-0.05, 0) is 61.8 Å². The molecule has 0 spiro atoms. The summed E-state index contributed by atoms with van der Waals surface area (Å²) in [6.45, 7) is 4.05. The van der Waals surface area contributed by atoms with Crippen molar-refractivity contribution in [3.05, 3.63) is 40.9 Å². The van der Waals surface area contributed by atoms with Crippen LogP contribution in [-0.2, 0) is 16.6 Å². The van der Waals surface area contributed by atoms with E-state index >= 15 is 4.39 Å². The third-order valence-corrected chi connectivity index (χ3v) is 7.68. The fourth-order valence-corrected chi connectivity index (χ4v) is 5.49. The lowest BCUT2D eigenvalue weighted by molar-refractivity contribution is -0.129. The minimum Gasteiger partial charge on any atom is -0.351 e. The Hall–Kier alpha value is -3.07. The lowest BCUT2D eigenvalue weighted by Crippen LogP contribution is -2.44. The van der Waals surface area contributed by atoms with E-state index in [2.05, 4.69) is 20.7 Å². The largest absolute Gasteiger partial charge is 0.351 e. The molecule has 2 aromatic heterocycles. The van der Waals surface area contributed by atoms with E-state index in [0.717, 1.165) is 18.5 Å². The van der Waals surface area contributed by atoms with Gasteiger partial charge in [-0.2, -0.15) is 5.10 Å². The smallest absolute Gasteiger partial charge is 0.257 e. The average Bonchev–Trinajstić information content (AvgIpc) is 3.51. The molecule has 5 rings (SSSR count). The van der Waals surface area contributed by atoms with Gasteiger partial charge >= 0.3 is 0 Å². The monoisotopic (exact) mass is 529 g/mol. The molecule has 2 atom stereocenters. The Bertz CT molecular complexity index is 1380. The third-order valence-electron chi connectivity index (χ3n) is 7.38. The number of nitrogens with zero attached hydrogens (tertiary/aromatic N) is 3. The van der Waals surface area contributed by atoms with E-state index in [1.807, 2.05) is 19.9 Å². The molecule has 2 heterocycles. The zero-order valence-corrected chi connectivity index (χ0v) is 21.8. The maximum atomic E-state index is 15.0. The number of nitrogens with one attached hydrogen (secondary N) is 2. The number of carbonyl (C=O) groups excluding carboxylic acids is 2. The van der Waals surface area contributed by atoms with Gasteiger partial charge in [0.1, 0.15) is 11.3 Å². The molecule has 2 amide bonds. The Morgan fingerprint density at radius 3 is 2.68 bits per heavy atom. The van der Waals surface area contributed by atoms with Gasteiger partial charge in [0.15, 0.2) is 11.5 Å². The quantitative estimate of drug-likeness (QED) is 0.431. The Morgan fingerprint density at radius 1 is 1.22 bits per heavy atom. The van der Waals surface area contributed by atoms with E-state index < -0.39 is 17.4 Å². The SMILES string of the molecule is CC(C)c1c2cc(-c3cc(NC(=O)[C@H]4CCC[C@@H](NC(=O)C5(F)CC5)C4)ncc3Cl)cc(F)c2nn1C. The van der Waals surface area contributed by atoms with Crippen molar-refractivity contribution in [3.8, 4) is 11.1 Å². The number of fused-ring (bicyclic) bond motifs is 1. The Morgan fingerprint density at radius 2 is 1.97 bits per heavy atom. The van der Waals surface area contributed by atoms with E-state index in [9.17, 15) is 14.0 Å². The third kappa shape index (κ3) is 5.06. The predicted octanol–water partition coefficient (Wildman–Crippen LogP) is 5.67. The summed E-state index contributed by atoms with van der Waals surface area (Å²) in [6.07, 6.45) is 4.53. The molecule has 0 aliphatic heterocycles. The minimum absolute atomic E-state index is 0.135. The fraction of sp³-hybridized carbons (Fsp3) is 0.481. The van der Waals surface area contributed by atoms with Crippen LogP contribution in [0.2, 0.25) is 5.02 Å². The van der Waals surface area contributed by atoms with Crippen molar-refractivity contribution in [1.29, 1.82) is 0 Å². The van der Waals surface area contributed by atoms with Crippen molar-refractivity contribution < 1.29 is 18.4 Å². The first-order valence-electron chi connectivity index (χ1n) is 12.7. The van der Waals surface area contributed by atoms with E-state index in [1.54, 1.807) is 17.8 Å². The van der Waals surface area contributed by atoms with Gasteiger partial charge in [0.05, 0.1) is 5.02 Å². The number of alkyl halides is 1. The first kappa shape index (κ1) is 25.6. The molecule has 0 unspecified atom stereocenters. The van der Waals surface area contributed by atoms with Gasteiger partial charge < -0.3 is 10.6 Å². The number of halogens is 3. The van der Waals surface area contributed by atoms with Crippen molar-refractivity contribution >= 4 is 40.1 Å². The molecule has 10 heteroatoms. The number of hydrogen-bond acceptors (Lipinski definition) is 4. The number of amides is 2. The second kappa shape index (κ2) is 9.67. The van der Waals surface area contributed by atoms with E-state index in [0.29, 0.717) is 45.7 Å². The number of pyridine rings is 1. The first-order valence-corrected chi connectivity index (χ1v) is 13.1. The molecule has 0 radical (unpaired) electrons. The minimum atomic E-state index is -1.73. The van der Waals surface area contributed by atoms with Gasteiger partial charge in [0, 0.05) is 41.8 Å². The number of aromatic nitrogens is 3. The zero-order chi connectivity index (χ0) is 26.5. The van der Waals surface area contributed by atoms with Crippen molar-refractivity contribution in [2.75, 3.05) is 5.32 Å². The first-order chi connectivity index (χ1) is 17.6. The average molecular weight is 530 g/mol. The van der Waals surface area contributed by atoms with Crippen LogP contribution in [0.3, 0.4) is 0 Å². The van der Waals surface area contributed by atoms with Crippen molar-refractivity contribution in [1.82, 2.24) is 20.1 Å². The maximum Gasteiger partial charge on any atom is 0.257 e. The molecule has 2 fully saturated rings. The Labute approximate surface area is 219 Å². The molecule has 196 valence electrons. The van der Waals surface area contributed by atoms with Crippen molar-refractivity contribution in [2.45, 2.75) is 70.0 Å². The number of rotatable bonds is 6. The van der Waals surface area contributed by atoms with Crippen LogP contribution in [0.15, 0.2) is 24.4 Å². The van der Waals surface area contributed by atoms with Gasteiger partial charge in [0.2, 0.25) is 5.91 Å². The molecule has 2 aliphatic rings. The lowest BCUT2D eigenvalue weighted by atomic mass is 9.85. The zero-order valence-electron chi connectivity index (χ0n) is 21.1. The van der Waals surface area contributed by atoms with Gasteiger partial charge in [-0.15, -0.1) is 0 Å². The molecule has 2 saturated carbocycles. The summed E-state index contributed by atoms with van der Waals surface area (Å²) in [7, 11) is 1.80. The van der Waals surface area contributed by atoms with Crippen LogP contribution in [0.1, 0.15) is 64.0 Å². The van der Waals surface area contributed by atoms with Crippen molar-refractivity contribution in [2.24, 2.45) is 13.0 Å². The summed E-state index contributed by atoms with van der Waals surface area (Å²) >= 11 is 6.45. The van der Waals surface area contributed by atoms with Crippen LogP contribution in [0.25, 0.3) is 22.0 Å². The molecular formula is C27H30ClF2N5O2. The molecular weight excluding hydrogens is 500 g/mol.